The highest BCUT2D eigenvalue weighted by Gasteiger charge is 2.65. The molecular formula is C12H19NO3. The number of fused-ring (bicyclic) bond motifs is 1. The van der Waals surface area contributed by atoms with E-state index in [4.69, 9.17) is 9.47 Å². The van der Waals surface area contributed by atoms with Gasteiger partial charge < -0.3 is 14.8 Å². The van der Waals surface area contributed by atoms with Gasteiger partial charge in [0, 0.05) is 32.2 Å². The first-order valence-electron chi connectivity index (χ1n) is 6.14. The number of carbonyl (C=O) groups excluding carboxylic acids is 1. The van der Waals surface area contributed by atoms with Crippen LogP contribution < -0.4 is 5.32 Å². The molecule has 3 fully saturated rings. The second-order valence-corrected chi connectivity index (χ2v) is 5.34. The molecule has 2 unspecified atom stereocenters. The topological polar surface area (TPSA) is 47.6 Å². The summed E-state index contributed by atoms with van der Waals surface area (Å²) in [4.78, 5) is 11.8. The number of hydrogen-bond acceptors (Lipinski definition) is 3. The van der Waals surface area contributed by atoms with Crippen molar-refractivity contribution in [3.8, 4) is 0 Å². The normalized spacial score (nSPS) is 41.1. The Morgan fingerprint density at radius 1 is 1.38 bits per heavy atom. The second-order valence-electron chi connectivity index (χ2n) is 5.34. The average molecular weight is 225 g/mol. The summed E-state index contributed by atoms with van der Waals surface area (Å²) >= 11 is 0. The summed E-state index contributed by atoms with van der Waals surface area (Å²) < 4.78 is 11.0. The SMILES string of the molecule is COC1CCC12CC(=O)NC21CCOCC1. The number of rotatable bonds is 1. The molecular weight excluding hydrogens is 206 g/mol. The molecule has 0 aromatic carbocycles. The highest BCUT2D eigenvalue weighted by molar-refractivity contribution is 5.81. The zero-order valence-corrected chi connectivity index (χ0v) is 9.75. The van der Waals surface area contributed by atoms with Crippen LogP contribution in [0.1, 0.15) is 32.1 Å². The Morgan fingerprint density at radius 3 is 2.69 bits per heavy atom. The summed E-state index contributed by atoms with van der Waals surface area (Å²) in [6.45, 7) is 1.52. The molecule has 2 saturated heterocycles. The Hall–Kier alpha value is -0.610. The number of amides is 1. The molecule has 90 valence electrons. The third kappa shape index (κ3) is 1.14. The Labute approximate surface area is 95.7 Å². The number of carbonyl (C=O) groups is 1. The van der Waals surface area contributed by atoms with Crippen LogP contribution in [0.15, 0.2) is 0 Å². The number of hydrogen-bond donors (Lipinski definition) is 1. The molecule has 0 aromatic heterocycles. The minimum atomic E-state index is -0.0404. The van der Waals surface area contributed by atoms with Gasteiger partial charge in [0.05, 0.1) is 11.6 Å². The van der Waals surface area contributed by atoms with E-state index in [1.54, 1.807) is 7.11 Å². The summed E-state index contributed by atoms with van der Waals surface area (Å²) in [5.74, 6) is 0.198. The first-order valence-corrected chi connectivity index (χ1v) is 6.14. The van der Waals surface area contributed by atoms with E-state index in [0.717, 1.165) is 38.9 Å². The van der Waals surface area contributed by atoms with E-state index >= 15 is 0 Å². The molecule has 1 aliphatic carbocycles. The fourth-order valence-corrected chi connectivity index (χ4v) is 3.94. The van der Waals surface area contributed by atoms with Crippen molar-refractivity contribution in [2.75, 3.05) is 20.3 Å². The summed E-state index contributed by atoms with van der Waals surface area (Å²) in [7, 11) is 1.77. The molecule has 4 heteroatoms. The summed E-state index contributed by atoms with van der Waals surface area (Å²) in [6.07, 6.45) is 4.99. The van der Waals surface area contributed by atoms with Gasteiger partial charge in [0.25, 0.3) is 0 Å². The predicted molar refractivity (Wildman–Crippen MR) is 58.0 cm³/mol. The summed E-state index contributed by atoms with van der Waals surface area (Å²) in [5.41, 5.74) is 0.0177. The zero-order valence-electron chi connectivity index (χ0n) is 9.75. The lowest BCUT2D eigenvalue weighted by atomic mass is 9.53. The van der Waals surface area contributed by atoms with Gasteiger partial charge in [-0.1, -0.05) is 0 Å². The van der Waals surface area contributed by atoms with Crippen LogP contribution >= 0.6 is 0 Å². The Bertz CT molecular complexity index is 301. The van der Waals surface area contributed by atoms with Gasteiger partial charge in [-0.25, -0.2) is 0 Å². The van der Waals surface area contributed by atoms with Crippen LogP contribution in [0.4, 0.5) is 0 Å². The van der Waals surface area contributed by atoms with Gasteiger partial charge in [-0.3, -0.25) is 4.79 Å². The maximum atomic E-state index is 11.8. The van der Waals surface area contributed by atoms with Gasteiger partial charge in [0.1, 0.15) is 0 Å². The number of nitrogens with one attached hydrogen (secondary N) is 1. The van der Waals surface area contributed by atoms with Gasteiger partial charge in [0.15, 0.2) is 0 Å². The van der Waals surface area contributed by atoms with Crippen LogP contribution in [0.25, 0.3) is 0 Å². The molecule has 4 nitrogen and oxygen atoms in total. The first kappa shape index (κ1) is 10.5. The summed E-state index contributed by atoms with van der Waals surface area (Å²) in [5, 5.41) is 3.23. The van der Waals surface area contributed by atoms with Crippen molar-refractivity contribution in [1.82, 2.24) is 5.32 Å². The molecule has 3 rings (SSSR count). The maximum absolute atomic E-state index is 11.8. The lowest BCUT2D eigenvalue weighted by molar-refractivity contribution is -0.147. The third-order valence-corrected chi connectivity index (χ3v) is 4.91. The van der Waals surface area contributed by atoms with Crippen molar-refractivity contribution in [2.24, 2.45) is 5.41 Å². The molecule has 2 heterocycles. The molecule has 1 amide bonds. The molecule has 2 atom stereocenters. The Balaban J connectivity index is 1.93. The maximum Gasteiger partial charge on any atom is 0.221 e. The van der Waals surface area contributed by atoms with Crippen molar-refractivity contribution in [3.05, 3.63) is 0 Å². The molecule has 1 N–H and O–H groups in total. The van der Waals surface area contributed by atoms with E-state index in [9.17, 15) is 4.79 Å². The van der Waals surface area contributed by atoms with Crippen LogP contribution in [-0.2, 0) is 14.3 Å². The number of methoxy groups -OCH3 is 1. The van der Waals surface area contributed by atoms with Crippen LogP contribution in [0, 0.1) is 5.41 Å². The number of ether oxygens (including phenoxy) is 2. The minimum absolute atomic E-state index is 0.0404. The minimum Gasteiger partial charge on any atom is -0.381 e. The van der Waals surface area contributed by atoms with Gasteiger partial charge >= 0.3 is 0 Å². The van der Waals surface area contributed by atoms with Crippen molar-refractivity contribution < 1.29 is 14.3 Å². The predicted octanol–water partition coefficient (Wildman–Crippen LogP) is 0.851. The van der Waals surface area contributed by atoms with E-state index in [0.29, 0.717) is 6.42 Å². The van der Waals surface area contributed by atoms with E-state index in [1.165, 1.54) is 0 Å². The highest BCUT2D eigenvalue weighted by atomic mass is 16.5. The molecule has 0 bridgehead atoms. The van der Waals surface area contributed by atoms with E-state index in [1.807, 2.05) is 0 Å². The molecule has 1 saturated carbocycles. The first-order chi connectivity index (χ1) is 7.72. The van der Waals surface area contributed by atoms with Crippen LogP contribution in [0.3, 0.4) is 0 Å². The van der Waals surface area contributed by atoms with Crippen molar-refractivity contribution >= 4 is 5.91 Å². The molecule has 2 aliphatic heterocycles. The lowest BCUT2D eigenvalue weighted by Crippen LogP contribution is -2.64. The molecule has 2 spiro atoms. The fraction of sp³-hybridized carbons (Fsp3) is 0.917. The van der Waals surface area contributed by atoms with E-state index in [2.05, 4.69) is 5.32 Å². The van der Waals surface area contributed by atoms with Crippen molar-refractivity contribution in [2.45, 2.75) is 43.7 Å². The summed E-state index contributed by atoms with van der Waals surface area (Å²) in [6, 6.07) is 0. The van der Waals surface area contributed by atoms with Gasteiger partial charge in [-0.15, -0.1) is 0 Å². The average Bonchev–Trinajstić information content (AvgIpc) is 2.53. The second kappa shape index (κ2) is 3.44. The van der Waals surface area contributed by atoms with Crippen LogP contribution in [-0.4, -0.2) is 37.9 Å². The van der Waals surface area contributed by atoms with Crippen molar-refractivity contribution in [1.29, 1.82) is 0 Å². The standard InChI is InChI=1S/C12H19NO3/c1-15-9-2-3-11(9)8-10(14)13-12(11)4-6-16-7-5-12/h9H,2-8H2,1H3,(H,13,14). The highest BCUT2D eigenvalue weighted by Crippen LogP contribution is 2.59. The monoisotopic (exact) mass is 225 g/mol. The van der Waals surface area contributed by atoms with Crippen LogP contribution in [0.2, 0.25) is 0 Å². The lowest BCUT2D eigenvalue weighted by Gasteiger charge is -2.56. The Kier molecular flexibility index (Phi) is 2.27. The van der Waals surface area contributed by atoms with Crippen LogP contribution in [0.5, 0.6) is 0 Å². The van der Waals surface area contributed by atoms with E-state index in [-0.39, 0.29) is 23.0 Å². The third-order valence-electron chi connectivity index (χ3n) is 4.91. The molecule has 0 aromatic rings. The van der Waals surface area contributed by atoms with Gasteiger partial charge in [-0.2, -0.15) is 0 Å². The smallest absolute Gasteiger partial charge is 0.221 e. The Morgan fingerprint density at radius 2 is 2.12 bits per heavy atom. The van der Waals surface area contributed by atoms with E-state index < -0.39 is 0 Å². The zero-order chi connectivity index (χ0) is 11.2. The molecule has 0 radical (unpaired) electrons. The van der Waals surface area contributed by atoms with Gasteiger partial charge in [-0.05, 0) is 25.7 Å². The fourth-order valence-electron chi connectivity index (χ4n) is 3.94. The quantitative estimate of drug-likeness (QED) is 0.719. The van der Waals surface area contributed by atoms with Gasteiger partial charge in [0.2, 0.25) is 5.91 Å². The molecule has 16 heavy (non-hydrogen) atoms. The largest absolute Gasteiger partial charge is 0.381 e. The molecule has 3 aliphatic rings. The van der Waals surface area contributed by atoms with Crippen molar-refractivity contribution in [3.63, 3.8) is 0 Å².